The third-order valence-corrected chi connectivity index (χ3v) is 5.47. The Balaban J connectivity index is 1.70. The number of aromatic nitrogens is 1. The summed E-state index contributed by atoms with van der Waals surface area (Å²) in [5.41, 5.74) is 6.42. The summed E-state index contributed by atoms with van der Waals surface area (Å²) in [6.45, 7) is 4.10. The molecule has 1 fully saturated rings. The van der Waals surface area contributed by atoms with Crippen molar-refractivity contribution in [2.24, 2.45) is 11.7 Å². The van der Waals surface area contributed by atoms with Crippen LogP contribution in [0.3, 0.4) is 0 Å². The highest BCUT2D eigenvalue weighted by molar-refractivity contribution is 7.09. The molecule has 1 amide bonds. The van der Waals surface area contributed by atoms with Crippen molar-refractivity contribution in [1.82, 2.24) is 9.88 Å². The van der Waals surface area contributed by atoms with Gasteiger partial charge < -0.3 is 5.73 Å². The third kappa shape index (κ3) is 4.94. The van der Waals surface area contributed by atoms with E-state index in [0.29, 0.717) is 11.9 Å². The minimum absolute atomic E-state index is 0.0337. The number of nitrogens with zero attached hydrogens (tertiary/aromatic N) is 2. The Labute approximate surface area is 135 Å². The van der Waals surface area contributed by atoms with Gasteiger partial charge in [0.05, 0.1) is 22.5 Å². The molecular weight excluding hydrogens is 306 g/mol. The molecule has 2 heterocycles. The van der Waals surface area contributed by atoms with Gasteiger partial charge >= 0.3 is 0 Å². The van der Waals surface area contributed by atoms with E-state index >= 15 is 0 Å². The first-order valence-corrected chi connectivity index (χ1v) is 9.04. The minimum atomic E-state index is -0.150. The van der Waals surface area contributed by atoms with Gasteiger partial charge in [0.1, 0.15) is 0 Å². The molecule has 0 radical (unpaired) electrons. The number of carbonyl (C=O) groups excluding carboxylic acids is 1. The maximum Gasteiger partial charge on any atom is 0.221 e. The monoisotopic (exact) mass is 329 g/mol. The lowest BCUT2D eigenvalue weighted by atomic mass is 9.93. The zero-order chi connectivity index (χ0) is 15.2. The van der Waals surface area contributed by atoms with Crippen LogP contribution in [0.1, 0.15) is 43.3 Å². The van der Waals surface area contributed by atoms with Crippen molar-refractivity contribution in [3.63, 3.8) is 0 Å². The van der Waals surface area contributed by atoms with Crippen LogP contribution in [0.4, 0.5) is 0 Å². The first-order valence-electron chi connectivity index (χ1n) is 7.62. The SMILES string of the molecule is CC1CCC(C(N)=O)CN1CCCCc1nc(CCl)cs1. The number of hydrogen-bond acceptors (Lipinski definition) is 4. The lowest BCUT2D eigenvalue weighted by Crippen LogP contribution is -2.46. The highest BCUT2D eigenvalue weighted by Crippen LogP contribution is 2.22. The van der Waals surface area contributed by atoms with Crippen LogP contribution in [-0.4, -0.2) is 34.9 Å². The molecule has 4 nitrogen and oxygen atoms in total. The number of piperidine rings is 1. The van der Waals surface area contributed by atoms with Crippen LogP contribution < -0.4 is 5.73 Å². The number of amides is 1. The average Bonchev–Trinajstić information content (AvgIpc) is 2.93. The van der Waals surface area contributed by atoms with Gasteiger partial charge in [0, 0.05) is 18.0 Å². The van der Waals surface area contributed by atoms with Crippen molar-refractivity contribution in [2.45, 2.75) is 50.9 Å². The number of thiazole rings is 1. The number of rotatable bonds is 7. The number of carbonyl (C=O) groups is 1. The van der Waals surface area contributed by atoms with Crippen LogP contribution >= 0.6 is 22.9 Å². The highest BCUT2D eigenvalue weighted by atomic mass is 35.5. The first-order chi connectivity index (χ1) is 10.1. The molecule has 0 aromatic carbocycles. The molecular formula is C15H24ClN3OS. The number of nitrogens with two attached hydrogens (primary N) is 1. The Hall–Kier alpha value is -0.650. The van der Waals surface area contributed by atoms with Crippen molar-refractivity contribution in [1.29, 1.82) is 0 Å². The van der Waals surface area contributed by atoms with Crippen LogP contribution in [0.15, 0.2) is 5.38 Å². The van der Waals surface area contributed by atoms with Crippen molar-refractivity contribution < 1.29 is 4.79 Å². The average molecular weight is 330 g/mol. The van der Waals surface area contributed by atoms with Crippen molar-refractivity contribution >= 4 is 28.8 Å². The molecule has 1 saturated heterocycles. The predicted molar refractivity (Wildman–Crippen MR) is 87.6 cm³/mol. The maximum atomic E-state index is 11.3. The van der Waals surface area contributed by atoms with Crippen molar-refractivity contribution in [2.75, 3.05) is 13.1 Å². The van der Waals surface area contributed by atoms with Crippen molar-refractivity contribution in [3.8, 4) is 0 Å². The fourth-order valence-electron chi connectivity index (χ4n) is 2.84. The molecule has 118 valence electrons. The van der Waals surface area contributed by atoms with Crippen molar-refractivity contribution in [3.05, 3.63) is 16.1 Å². The quantitative estimate of drug-likeness (QED) is 0.618. The Morgan fingerprint density at radius 3 is 3.00 bits per heavy atom. The van der Waals surface area contributed by atoms with E-state index < -0.39 is 0 Å². The number of primary amides is 1. The lowest BCUT2D eigenvalue weighted by molar-refractivity contribution is -0.123. The zero-order valence-corrected chi connectivity index (χ0v) is 14.1. The highest BCUT2D eigenvalue weighted by Gasteiger charge is 2.27. The van der Waals surface area contributed by atoms with E-state index in [1.165, 1.54) is 5.01 Å². The number of unbranched alkanes of at least 4 members (excludes halogenated alkanes) is 1. The Morgan fingerprint density at radius 2 is 2.33 bits per heavy atom. The third-order valence-electron chi connectivity index (χ3n) is 4.24. The number of aryl methyl sites for hydroxylation is 1. The predicted octanol–water partition coefficient (Wildman–Crippen LogP) is 2.79. The van der Waals surface area contributed by atoms with Gasteiger partial charge in [-0.3, -0.25) is 9.69 Å². The van der Waals surface area contributed by atoms with Crippen LogP contribution in [0.5, 0.6) is 0 Å². The number of likely N-dealkylation sites (tertiary alicyclic amines) is 1. The maximum absolute atomic E-state index is 11.3. The number of halogens is 1. The fourth-order valence-corrected chi connectivity index (χ4v) is 3.91. The van der Waals surface area contributed by atoms with Gasteiger partial charge in [-0.05, 0) is 45.6 Å². The molecule has 0 spiro atoms. The topological polar surface area (TPSA) is 59.2 Å². The van der Waals surface area contributed by atoms with Crippen LogP contribution in [-0.2, 0) is 17.1 Å². The molecule has 1 aromatic heterocycles. The second kappa shape index (κ2) is 8.11. The summed E-state index contributed by atoms with van der Waals surface area (Å²) in [6, 6.07) is 0.559. The van der Waals surface area contributed by atoms with Gasteiger partial charge in [-0.2, -0.15) is 0 Å². The summed E-state index contributed by atoms with van der Waals surface area (Å²) in [4.78, 5) is 18.2. The van der Waals surface area contributed by atoms with E-state index in [1.807, 2.05) is 5.38 Å². The molecule has 0 saturated carbocycles. The summed E-state index contributed by atoms with van der Waals surface area (Å²) in [7, 11) is 0. The van der Waals surface area contributed by atoms with Gasteiger partial charge in [0.2, 0.25) is 5.91 Å². The largest absolute Gasteiger partial charge is 0.369 e. The van der Waals surface area contributed by atoms with E-state index in [4.69, 9.17) is 17.3 Å². The van der Waals surface area contributed by atoms with Gasteiger partial charge in [-0.15, -0.1) is 22.9 Å². The Kier molecular flexibility index (Phi) is 6.45. The van der Waals surface area contributed by atoms with Gasteiger partial charge in [-0.25, -0.2) is 4.98 Å². The van der Waals surface area contributed by atoms with Gasteiger partial charge in [0.25, 0.3) is 0 Å². The number of alkyl halides is 1. The van der Waals surface area contributed by atoms with E-state index in [1.54, 1.807) is 11.3 Å². The molecule has 2 atom stereocenters. The lowest BCUT2D eigenvalue weighted by Gasteiger charge is -2.36. The minimum Gasteiger partial charge on any atom is -0.369 e. The molecule has 2 rings (SSSR count). The van der Waals surface area contributed by atoms with E-state index in [9.17, 15) is 4.79 Å². The van der Waals surface area contributed by atoms with Crippen LogP contribution in [0.2, 0.25) is 0 Å². The molecule has 0 bridgehead atoms. The second-order valence-corrected chi connectivity index (χ2v) is 7.05. The molecule has 2 N–H and O–H groups in total. The first kappa shape index (κ1) is 16.7. The van der Waals surface area contributed by atoms with Crippen LogP contribution in [0.25, 0.3) is 0 Å². The Morgan fingerprint density at radius 1 is 1.52 bits per heavy atom. The second-order valence-electron chi connectivity index (χ2n) is 5.84. The molecule has 1 aliphatic rings. The van der Waals surface area contributed by atoms with E-state index in [-0.39, 0.29) is 11.8 Å². The molecule has 0 aliphatic carbocycles. The standard InChI is InChI=1S/C15H24ClN3OS/c1-11-5-6-12(15(17)20)9-19(11)7-3-2-4-14-18-13(8-16)10-21-14/h10-12H,2-9H2,1H3,(H2,17,20). The fraction of sp³-hybridized carbons (Fsp3) is 0.733. The van der Waals surface area contributed by atoms with E-state index in [0.717, 1.165) is 50.9 Å². The normalized spacial score (nSPS) is 23.3. The molecule has 6 heteroatoms. The summed E-state index contributed by atoms with van der Waals surface area (Å²) in [6.07, 6.45) is 5.28. The van der Waals surface area contributed by atoms with E-state index in [2.05, 4.69) is 16.8 Å². The molecule has 2 unspecified atom stereocenters. The summed E-state index contributed by atoms with van der Waals surface area (Å²) < 4.78 is 0. The van der Waals surface area contributed by atoms with Gasteiger partial charge in [-0.1, -0.05) is 0 Å². The van der Waals surface area contributed by atoms with Gasteiger partial charge in [0.15, 0.2) is 0 Å². The van der Waals surface area contributed by atoms with Crippen LogP contribution in [0, 0.1) is 5.92 Å². The molecule has 1 aliphatic heterocycles. The molecule has 21 heavy (non-hydrogen) atoms. The zero-order valence-electron chi connectivity index (χ0n) is 12.6. The smallest absolute Gasteiger partial charge is 0.221 e. The number of hydrogen-bond donors (Lipinski definition) is 1. The summed E-state index contributed by atoms with van der Waals surface area (Å²) in [5.74, 6) is 0.380. The molecule has 1 aromatic rings. The summed E-state index contributed by atoms with van der Waals surface area (Å²) >= 11 is 7.45. The Bertz CT molecular complexity index is 466. The summed E-state index contributed by atoms with van der Waals surface area (Å²) in [5, 5.41) is 3.21.